The summed E-state index contributed by atoms with van der Waals surface area (Å²) in [5.41, 5.74) is 1.86. The van der Waals surface area contributed by atoms with Gasteiger partial charge in [-0.2, -0.15) is 0 Å². The van der Waals surface area contributed by atoms with Gasteiger partial charge in [0, 0.05) is 22.9 Å². The average molecular weight is 438 g/mol. The summed E-state index contributed by atoms with van der Waals surface area (Å²) in [7, 11) is 0. The number of carbonyl (C=O) groups is 2. The number of nitrogens with one attached hydrogen (secondary N) is 1. The van der Waals surface area contributed by atoms with E-state index in [9.17, 15) is 19.7 Å². The number of amides is 1. The van der Waals surface area contributed by atoms with Gasteiger partial charge in [0.15, 0.2) is 5.78 Å². The number of nitrogens with zero attached hydrogens (tertiary/aromatic N) is 1. The first kappa shape index (κ1) is 21.5. The molecular formula is C26H18N2O5. The predicted octanol–water partition coefficient (Wildman–Crippen LogP) is 6.00. The first-order chi connectivity index (χ1) is 16.0. The quantitative estimate of drug-likeness (QED) is 0.165. The summed E-state index contributed by atoms with van der Waals surface area (Å²) in [5, 5.41) is 14.0. The molecule has 0 unspecified atom stereocenters. The van der Waals surface area contributed by atoms with Crippen LogP contribution < -0.4 is 5.32 Å². The highest BCUT2D eigenvalue weighted by Gasteiger charge is 2.16. The Kier molecular flexibility index (Phi) is 6.22. The number of furan rings is 1. The summed E-state index contributed by atoms with van der Waals surface area (Å²) in [6.07, 6.45) is 2.87. The molecule has 1 aromatic heterocycles. The standard InChI is InChI=1S/C26H18N2O5/c29-24(18-10-12-20(13-11-18)27-26(30)19-6-2-1-3-7-19)16-14-21-15-17-25(33-21)22-8-4-5-9-23(22)28(31)32/h1-17H,(H,27,30). The summed E-state index contributed by atoms with van der Waals surface area (Å²) >= 11 is 0. The van der Waals surface area contributed by atoms with Crippen molar-refractivity contribution >= 4 is 29.1 Å². The Morgan fingerprint density at radius 1 is 0.818 bits per heavy atom. The molecule has 0 bridgehead atoms. The van der Waals surface area contributed by atoms with Crippen LogP contribution in [0.1, 0.15) is 26.5 Å². The fraction of sp³-hybridized carbons (Fsp3) is 0. The highest BCUT2D eigenvalue weighted by molar-refractivity contribution is 6.07. The van der Waals surface area contributed by atoms with Gasteiger partial charge in [0.1, 0.15) is 11.5 Å². The molecule has 0 saturated carbocycles. The van der Waals surface area contributed by atoms with Crippen molar-refractivity contribution in [1.82, 2.24) is 0 Å². The largest absolute Gasteiger partial charge is 0.456 e. The molecule has 33 heavy (non-hydrogen) atoms. The number of carbonyl (C=O) groups excluding carboxylic acids is 2. The molecule has 7 heteroatoms. The van der Waals surface area contributed by atoms with E-state index >= 15 is 0 Å². The average Bonchev–Trinajstić information content (AvgIpc) is 3.32. The molecule has 0 saturated heterocycles. The SMILES string of the molecule is O=C(C=Cc1ccc(-c2ccccc2[N+](=O)[O-])o1)c1ccc(NC(=O)c2ccccc2)cc1. The molecule has 0 spiro atoms. The number of allylic oxidation sites excluding steroid dienone is 1. The molecular weight excluding hydrogens is 420 g/mol. The van der Waals surface area contributed by atoms with E-state index in [0.717, 1.165) is 0 Å². The van der Waals surface area contributed by atoms with Gasteiger partial charge in [-0.3, -0.25) is 19.7 Å². The molecule has 0 fully saturated rings. The topological polar surface area (TPSA) is 102 Å². The van der Waals surface area contributed by atoms with Crippen LogP contribution >= 0.6 is 0 Å². The fourth-order valence-corrected chi connectivity index (χ4v) is 3.19. The second-order valence-electron chi connectivity index (χ2n) is 7.07. The lowest BCUT2D eigenvalue weighted by atomic mass is 10.1. The van der Waals surface area contributed by atoms with Gasteiger partial charge < -0.3 is 9.73 Å². The molecule has 1 N–H and O–H groups in total. The number of anilines is 1. The molecule has 1 heterocycles. The van der Waals surface area contributed by atoms with Crippen LogP contribution in [0.4, 0.5) is 11.4 Å². The van der Waals surface area contributed by atoms with Crippen molar-refractivity contribution in [2.45, 2.75) is 0 Å². The first-order valence-electron chi connectivity index (χ1n) is 10.0. The van der Waals surface area contributed by atoms with Crippen molar-refractivity contribution in [3.63, 3.8) is 0 Å². The monoisotopic (exact) mass is 438 g/mol. The van der Waals surface area contributed by atoms with Crippen LogP contribution in [0.2, 0.25) is 0 Å². The highest BCUT2D eigenvalue weighted by Crippen LogP contribution is 2.31. The molecule has 3 aromatic carbocycles. The maximum absolute atomic E-state index is 12.5. The van der Waals surface area contributed by atoms with E-state index in [1.165, 1.54) is 18.2 Å². The van der Waals surface area contributed by atoms with Crippen LogP contribution in [0.15, 0.2) is 101 Å². The summed E-state index contributed by atoms with van der Waals surface area (Å²) in [4.78, 5) is 35.4. The van der Waals surface area contributed by atoms with Crippen molar-refractivity contribution in [3.8, 4) is 11.3 Å². The summed E-state index contributed by atoms with van der Waals surface area (Å²) in [6, 6.07) is 24.9. The van der Waals surface area contributed by atoms with Gasteiger partial charge in [-0.05, 0) is 66.7 Å². The Hall–Kier alpha value is -4.78. The zero-order valence-electron chi connectivity index (χ0n) is 17.3. The summed E-state index contributed by atoms with van der Waals surface area (Å²) < 4.78 is 5.66. The lowest BCUT2D eigenvalue weighted by molar-refractivity contribution is -0.384. The number of nitro benzene ring substituents is 1. The van der Waals surface area contributed by atoms with E-state index in [4.69, 9.17) is 4.42 Å². The van der Waals surface area contributed by atoms with Crippen molar-refractivity contribution < 1.29 is 18.9 Å². The molecule has 0 aliphatic heterocycles. The van der Waals surface area contributed by atoms with Crippen LogP contribution in [0, 0.1) is 10.1 Å². The number of rotatable bonds is 7. The molecule has 4 rings (SSSR count). The third-order valence-electron chi connectivity index (χ3n) is 4.86. The second kappa shape index (κ2) is 9.57. The van der Waals surface area contributed by atoms with Crippen LogP contribution in [-0.4, -0.2) is 16.6 Å². The van der Waals surface area contributed by atoms with Gasteiger partial charge in [0.25, 0.3) is 11.6 Å². The minimum atomic E-state index is -0.469. The van der Waals surface area contributed by atoms with Crippen molar-refractivity contribution in [2.75, 3.05) is 5.32 Å². The number of para-hydroxylation sites is 1. The summed E-state index contributed by atoms with van der Waals surface area (Å²) in [6.45, 7) is 0. The Morgan fingerprint density at radius 2 is 1.52 bits per heavy atom. The van der Waals surface area contributed by atoms with Gasteiger partial charge in [-0.25, -0.2) is 0 Å². The number of hydrogen-bond acceptors (Lipinski definition) is 5. The van der Waals surface area contributed by atoms with Crippen LogP contribution in [0.3, 0.4) is 0 Å². The fourth-order valence-electron chi connectivity index (χ4n) is 3.19. The number of ketones is 1. The molecule has 1 amide bonds. The van der Waals surface area contributed by atoms with Gasteiger partial charge in [-0.1, -0.05) is 30.3 Å². The van der Waals surface area contributed by atoms with Crippen LogP contribution in [0.5, 0.6) is 0 Å². The van der Waals surface area contributed by atoms with Crippen molar-refractivity contribution in [3.05, 3.63) is 124 Å². The Balaban J connectivity index is 1.42. The molecule has 0 radical (unpaired) electrons. The van der Waals surface area contributed by atoms with E-state index in [2.05, 4.69) is 5.32 Å². The third kappa shape index (κ3) is 5.11. The zero-order chi connectivity index (χ0) is 23.2. The maximum Gasteiger partial charge on any atom is 0.280 e. The maximum atomic E-state index is 12.5. The van der Waals surface area contributed by atoms with Crippen molar-refractivity contribution in [2.24, 2.45) is 0 Å². The van der Waals surface area contributed by atoms with E-state index in [1.807, 2.05) is 6.07 Å². The third-order valence-corrected chi connectivity index (χ3v) is 4.86. The number of nitro groups is 1. The normalized spacial score (nSPS) is 10.8. The first-order valence-corrected chi connectivity index (χ1v) is 10.0. The molecule has 0 atom stereocenters. The van der Waals surface area contributed by atoms with E-state index in [1.54, 1.807) is 78.9 Å². The van der Waals surface area contributed by atoms with Gasteiger partial charge in [-0.15, -0.1) is 0 Å². The van der Waals surface area contributed by atoms with Gasteiger partial charge in [0.05, 0.1) is 10.5 Å². The minimum absolute atomic E-state index is 0.0575. The zero-order valence-corrected chi connectivity index (χ0v) is 17.3. The van der Waals surface area contributed by atoms with Crippen LogP contribution in [0.25, 0.3) is 17.4 Å². The Bertz CT molecular complexity index is 1340. The molecule has 4 aromatic rings. The molecule has 162 valence electrons. The smallest absolute Gasteiger partial charge is 0.280 e. The van der Waals surface area contributed by atoms with E-state index in [-0.39, 0.29) is 17.4 Å². The van der Waals surface area contributed by atoms with Gasteiger partial charge >= 0.3 is 0 Å². The lowest BCUT2D eigenvalue weighted by Crippen LogP contribution is -2.11. The molecule has 0 aliphatic rings. The number of hydrogen-bond donors (Lipinski definition) is 1. The second-order valence-corrected chi connectivity index (χ2v) is 7.07. The van der Waals surface area contributed by atoms with Crippen molar-refractivity contribution in [1.29, 1.82) is 0 Å². The van der Waals surface area contributed by atoms with Crippen LogP contribution in [-0.2, 0) is 0 Å². The Morgan fingerprint density at radius 3 is 2.24 bits per heavy atom. The number of benzene rings is 3. The van der Waals surface area contributed by atoms with E-state index in [0.29, 0.717) is 33.9 Å². The highest BCUT2D eigenvalue weighted by atomic mass is 16.6. The molecule has 0 aliphatic carbocycles. The van der Waals surface area contributed by atoms with Gasteiger partial charge in [0.2, 0.25) is 0 Å². The Labute approximate surface area is 189 Å². The van der Waals surface area contributed by atoms with E-state index < -0.39 is 4.92 Å². The lowest BCUT2D eigenvalue weighted by Gasteiger charge is -2.05. The summed E-state index contributed by atoms with van der Waals surface area (Å²) in [5.74, 6) is 0.248. The minimum Gasteiger partial charge on any atom is -0.456 e. The predicted molar refractivity (Wildman–Crippen MR) is 125 cm³/mol. The molecule has 7 nitrogen and oxygen atoms in total.